The summed E-state index contributed by atoms with van der Waals surface area (Å²) in [6.45, 7) is 2.47. The molecule has 0 aliphatic rings. The Morgan fingerprint density at radius 2 is 2.29 bits per heavy atom. The zero-order valence-electron chi connectivity index (χ0n) is 9.80. The second kappa shape index (κ2) is 4.79. The molecule has 0 bridgehead atoms. The number of rotatable bonds is 3. The van der Waals surface area contributed by atoms with E-state index >= 15 is 0 Å². The van der Waals surface area contributed by atoms with Gasteiger partial charge in [-0.1, -0.05) is 18.7 Å². The third-order valence-corrected chi connectivity index (χ3v) is 2.96. The van der Waals surface area contributed by atoms with Gasteiger partial charge < -0.3 is 9.32 Å². The molecule has 0 saturated carbocycles. The second-order valence-corrected chi connectivity index (χ2v) is 4.37. The third kappa shape index (κ3) is 2.79. The predicted molar refractivity (Wildman–Crippen MR) is 69.5 cm³/mol. The number of aryl methyl sites for hydroxylation is 1. The van der Waals surface area contributed by atoms with Crippen molar-refractivity contribution in [2.75, 3.05) is 13.6 Å². The number of likely N-dealkylation sites (N-methyl/N-ethyl adjacent to an activating group) is 1. The lowest BCUT2D eigenvalue weighted by Gasteiger charge is -2.13. The third-order valence-electron chi connectivity index (χ3n) is 2.62. The fourth-order valence-corrected chi connectivity index (χ4v) is 1.73. The number of aromatic nitrogens is 1. The van der Waals surface area contributed by atoms with E-state index < -0.39 is 0 Å². The van der Waals surface area contributed by atoms with E-state index in [1.54, 1.807) is 11.9 Å². The molecule has 4 nitrogen and oxygen atoms in total. The van der Waals surface area contributed by atoms with E-state index in [1.165, 1.54) is 0 Å². The van der Waals surface area contributed by atoms with Crippen LogP contribution in [0.25, 0.3) is 11.1 Å². The first-order valence-corrected chi connectivity index (χ1v) is 5.81. The van der Waals surface area contributed by atoms with Crippen molar-refractivity contribution in [1.29, 1.82) is 0 Å². The Labute approximate surface area is 105 Å². The number of amides is 1. The van der Waals surface area contributed by atoms with E-state index in [9.17, 15) is 4.79 Å². The van der Waals surface area contributed by atoms with Gasteiger partial charge in [0.2, 0.25) is 0 Å². The predicted octanol–water partition coefficient (Wildman–Crippen LogP) is 2.66. The zero-order chi connectivity index (χ0) is 12.4. The molecule has 1 aromatic heterocycles. The maximum atomic E-state index is 10.9. The zero-order valence-corrected chi connectivity index (χ0v) is 10.7. The summed E-state index contributed by atoms with van der Waals surface area (Å²) in [6.07, 6.45) is 0.776. The molecule has 0 atom stereocenters. The molecule has 1 aromatic carbocycles. The van der Waals surface area contributed by atoms with Crippen molar-refractivity contribution in [2.45, 2.75) is 13.3 Å². The number of fused-ring (bicyclic) bond motifs is 1. The minimum atomic E-state index is -0.221. The van der Waals surface area contributed by atoms with Crippen LogP contribution < -0.4 is 0 Å². The van der Waals surface area contributed by atoms with Crippen LogP contribution in [-0.2, 0) is 6.42 Å². The minimum Gasteiger partial charge on any atom is -0.441 e. The summed E-state index contributed by atoms with van der Waals surface area (Å²) in [5.41, 5.74) is 2.78. The lowest BCUT2D eigenvalue weighted by Crippen LogP contribution is -2.23. The standard InChI is InChI=1S/C12H14N2O2S/c1-8-13-10-4-3-9(7-11(10)16-8)5-6-14(2)12(15)17/h3-4,7H,5-6H2,1-2H3,(H,15,17). The van der Waals surface area contributed by atoms with Gasteiger partial charge in [-0.3, -0.25) is 4.79 Å². The number of nitrogens with zero attached hydrogens (tertiary/aromatic N) is 2. The summed E-state index contributed by atoms with van der Waals surface area (Å²) in [7, 11) is 1.73. The normalized spacial score (nSPS) is 10.8. The van der Waals surface area contributed by atoms with Gasteiger partial charge in [0.15, 0.2) is 11.5 Å². The molecule has 2 aromatic rings. The number of oxazole rings is 1. The van der Waals surface area contributed by atoms with E-state index in [1.807, 2.05) is 25.1 Å². The molecule has 0 fully saturated rings. The molecular formula is C12H14N2O2S. The van der Waals surface area contributed by atoms with E-state index in [0.29, 0.717) is 12.4 Å². The molecule has 2 rings (SSSR count). The number of hydrogen-bond acceptors (Lipinski definition) is 3. The van der Waals surface area contributed by atoms with Crippen molar-refractivity contribution >= 4 is 29.0 Å². The van der Waals surface area contributed by atoms with Gasteiger partial charge >= 0.3 is 0 Å². The lowest BCUT2D eigenvalue weighted by atomic mass is 10.1. The summed E-state index contributed by atoms with van der Waals surface area (Å²) in [5, 5.41) is -0.221. The summed E-state index contributed by atoms with van der Waals surface area (Å²) in [5.74, 6) is 0.666. The molecule has 0 N–H and O–H groups in total. The van der Waals surface area contributed by atoms with Crippen LogP contribution in [0.3, 0.4) is 0 Å². The van der Waals surface area contributed by atoms with Gasteiger partial charge in [0.25, 0.3) is 5.24 Å². The van der Waals surface area contributed by atoms with Crippen LogP contribution in [-0.4, -0.2) is 28.7 Å². The SMILES string of the molecule is Cc1nc2ccc(CCN(C)C(=O)S)cc2o1. The molecule has 0 aliphatic heterocycles. The second-order valence-electron chi connectivity index (χ2n) is 3.99. The quantitative estimate of drug-likeness (QED) is 0.852. The van der Waals surface area contributed by atoms with Crippen LogP contribution in [0.4, 0.5) is 4.79 Å². The average molecular weight is 250 g/mol. The molecule has 90 valence electrons. The maximum Gasteiger partial charge on any atom is 0.278 e. The van der Waals surface area contributed by atoms with Crippen molar-refractivity contribution in [3.63, 3.8) is 0 Å². The average Bonchev–Trinajstić information content (AvgIpc) is 2.64. The molecule has 0 unspecified atom stereocenters. The molecule has 17 heavy (non-hydrogen) atoms. The summed E-state index contributed by atoms with van der Waals surface area (Å²) >= 11 is 3.76. The summed E-state index contributed by atoms with van der Waals surface area (Å²) in [6, 6.07) is 5.90. The van der Waals surface area contributed by atoms with Gasteiger partial charge in [-0.05, 0) is 24.1 Å². The fraction of sp³-hybridized carbons (Fsp3) is 0.333. The Bertz CT molecular complexity index is 550. The largest absolute Gasteiger partial charge is 0.441 e. The van der Waals surface area contributed by atoms with Crippen molar-refractivity contribution in [2.24, 2.45) is 0 Å². The highest BCUT2D eigenvalue weighted by molar-refractivity contribution is 7.96. The molecular weight excluding hydrogens is 236 g/mol. The number of carbonyl (C=O) groups excluding carboxylic acids is 1. The minimum absolute atomic E-state index is 0.221. The fourth-order valence-electron chi connectivity index (χ4n) is 1.63. The molecule has 1 heterocycles. The van der Waals surface area contributed by atoms with Gasteiger partial charge in [-0.15, -0.1) is 0 Å². The van der Waals surface area contributed by atoms with E-state index in [0.717, 1.165) is 23.1 Å². The van der Waals surface area contributed by atoms with Crippen LogP contribution in [0, 0.1) is 6.92 Å². The topological polar surface area (TPSA) is 46.3 Å². The highest BCUT2D eigenvalue weighted by atomic mass is 32.1. The molecule has 0 saturated heterocycles. The van der Waals surface area contributed by atoms with E-state index in [4.69, 9.17) is 4.42 Å². The van der Waals surface area contributed by atoms with Crippen LogP contribution in [0.1, 0.15) is 11.5 Å². The van der Waals surface area contributed by atoms with Gasteiger partial charge in [0, 0.05) is 20.5 Å². The first-order valence-electron chi connectivity index (χ1n) is 5.36. The van der Waals surface area contributed by atoms with Crippen molar-refractivity contribution in [3.8, 4) is 0 Å². The molecule has 0 radical (unpaired) electrons. The highest BCUT2D eigenvalue weighted by Crippen LogP contribution is 2.17. The number of hydrogen-bond donors (Lipinski definition) is 1. The first kappa shape index (κ1) is 12.0. The maximum absolute atomic E-state index is 10.9. The molecule has 1 amide bonds. The number of thiol groups is 1. The molecule has 0 aliphatic carbocycles. The van der Waals surface area contributed by atoms with Crippen LogP contribution in [0.5, 0.6) is 0 Å². The first-order chi connectivity index (χ1) is 8.06. The van der Waals surface area contributed by atoms with Crippen molar-refractivity contribution in [3.05, 3.63) is 29.7 Å². The van der Waals surface area contributed by atoms with Crippen molar-refractivity contribution < 1.29 is 9.21 Å². The molecule has 0 spiro atoms. The Morgan fingerprint density at radius 1 is 1.53 bits per heavy atom. The van der Waals surface area contributed by atoms with Crippen LogP contribution in [0.2, 0.25) is 0 Å². The smallest absolute Gasteiger partial charge is 0.278 e. The van der Waals surface area contributed by atoms with Crippen molar-refractivity contribution in [1.82, 2.24) is 9.88 Å². The van der Waals surface area contributed by atoms with Crippen LogP contribution >= 0.6 is 12.6 Å². The van der Waals surface area contributed by atoms with E-state index in [-0.39, 0.29) is 5.24 Å². The molecule has 5 heteroatoms. The number of carbonyl (C=O) groups is 1. The summed E-state index contributed by atoms with van der Waals surface area (Å²) < 4.78 is 5.46. The van der Waals surface area contributed by atoms with Gasteiger partial charge in [-0.2, -0.15) is 0 Å². The van der Waals surface area contributed by atoms with Crippen LogP contribution in [0.15, 0.2) is 22.6 Å². The van der Waals surface area contributed by atoms with Gasteiger partial charge in [-0.25, -0.2) is 4.98 Å². The Morgan fingerprint density at radius 3 is 3.00 bits per heavy atom. The monoisotopic (exact) mass is 250 g/mol. The number of benzene rings is 1. The van der Waals surface area contributed by atoms with Gasteiger partial charge in [0.1, 0.15) is 5.52 Å². The lowest BCUT2D eigenvalue weighted by molar-refractivity contribution is 0.234. The Hall–Kier alpha value is -1.49. The Balaban J connectivity index is 2.11. The van der Waals surface area contributed by atoms with E-state index in [2.05, 4.69) is 17.6 Å². The summed E-state index contributed by atoms with van der Waals surface area (Å²) in [4.78, 5) is 16.7. The Kier molecular flexibility index (Phi) is 3.38. The highest BCUT2D eigenvalue weighted by Gasteiger charge is 2.06. The van der Waals surface area contributed by atoms with Gasteiger partial charge in [0.05, 0.1) is 0 Å².